The predicted molar refractivity (Wildman–Crippen MR) is 104 cm³/mol. The van der Waals surface area contributed by atoms with Gasteiger partial charge in [0.1, 0.15) is 11.4 Å². The van der Waals surface area contributed by atoms with Crippen LogP contribution in [0, 0.1) is 0 Å². The Balaban J connectivity index is 1.58. The Kier molecular flexibility index (Phi) is 4.30. The van der Waals surface area contributed by atoms with Crippen LogP contribution >= 0.6 is 0 Å². The molecule has 4 aromatic rings. The maximum Gasteiger partial charge on any atom is 0.354 e. The molecule has 0 radical (unpaired) electrons. The fourth-order valence-corrected chi connectivity index (χ4v) is 2.93. The SMILES string of the molecule is CCOC(=O)c1cc2cc(NC(=O)c3cc4ccccc4cn3)ccc2[nH]1. The van der Waals surface area contributed by atoms with Crippen molar-refractivity contribution in [3.63, 3.8) is 0 Å². The molecule has 4 rings (SSSR count). The van der Waals surface area contributed by atoms with Crippen molar-refractivity contribution in [1.82, 2.24) is 9.97 Å². The Labute approximate surface area is 155 Å². The van der Waals surface area contributed by atoms with Crippen LogP contribution in [-0.2, 0) is 4.74 Å². The highest BCUT2D eigenvalue weighted by Crippen LogP contribution is 2.21. The van der Waals surface area contributed by atoms with Gasteiger partial charge in [0.05, 0.1) is 6.61 Å². The normalized spacial score (nSPS) is 10.9. The molecule has 0 saturated heterocycles. The molecule has 0 fully saturated rings. The van der Waals surface area contributed by atoms with E-state index >= 15 is 0 Å². The Morgan fingerprint density at radius 3 is 2.67 bits per heavy atom. The van der Waals surface area contributed by atoms with Gasteiger partial charge in [-0.1, -0.05) is 24.3 Å². The maximum absolute atomic E-state index is 12.5. The molecule has 6 nitrogen and oxygen atoms in total. The molecule has 0 aliphatic carbocycles. The van der Waals surface area contributed by atoms with Gasteiger partial charge in [0.15, 0.2) is 0 Å². The number of nitrogens with zero attached hydrogens (tertiary/aromatic N) is 1. The van der Waals surface area contributed by atoms with E-state index in [-0.39, 0.29) is 5.91 Å². The predicted octanol–water partition coefficient (Wildman–Crippen LogP) is 4.15. The third-order valence-electron chi connectivity index (χ3n) is 4.24. The minimum absolute atomic E-state index is 0.291. The molecular weight excluding hydrogens is 342 g/mol. The highest BCUT2D eigenvalue weighted by molar-refractivity contribution is 6.06. The summed E-state index contributed by atoms with van der Waals surface area (Å²) in [5, 5.41) is 5.59. The monoisotopic (exact) mass is 359 g/mol. The van der Waals surface area contributed by atoms with E-state index in [2.05, 4.69) is 15.3 Å². The number of fused-ring (bicyclic) bond motifs is 2. The molecule has 2 N–H and O–H groups in total. The molecule has 0 aliphatic rings. The molecular formula is C21H17N3O3. The molecule has 2 aromatic carbocycles. The Morgan fingerprint density at radius 1 is 1.04 bits per heavy atom. The van der Waals surface area contributed by atoms with Crippen LogP contribution in [0.15, 0.2) is 60.8 Å². The van der Waals surface area contributed by atoms with Crippen LogP contribution in [-0.4, -0.2) is 28.5 Å². The van der Waals surface area contributed by atoms with Crippen LogP contribution in [0.4, 0.5) is 5.69 Å². The van der Waals surface area contributed by atoms with Crippen molar-refractivity contribution in [2.45, 2.75) is 6.92 Å². The topological polar surface area (TPSA) is 84.1 Å². The van der Waals surface area contributed by atoms with E-state index in [0.717, 1.165) is 21.7 Å². The van der Waals surface area contributed by atoms with Crippen LogP contribution in [0.3, 0.4) is 0 Å². The summed E-state index contributed by atoms with van der Waals surface area (Å²) in [6.45, 7) is 2.07. The number of aromatic nitrogens is 2. The van der Waals surface area contributed by atoms with Crippen molar-refractivity contribution in [3.8, 4) is 0 Å². The zero-order valence-electron chi connectivity index (χ0n) is 14.7. The number of esters is 1. The summed E-state index contributed by atoms with van der Waals surface area (Å²) in [5.74, 6) is -0.694. The molecule has 0 unspecified atom stereocenters. The van der Waals surface area contributed by atoms with Crippen LogP contribution < -0.4 is 5.32 Å². The fourth-order valence-electron chi connectivity index (χ4n) is 2.93. The molecule has 2 heterocycles. The highest BCUT2D eigenvalue weighted by Gasteiger charge is 2.12. The van der Waals surface area contributed by atoms with E-state index in [1.165, 1.54) is 0 Å². The molecule has 2 aromatic heterocycles. The van der Waals surface area contributed by atoms with E-state index in [1.807, 2.05) is 30.3 Å². The van der Waals surface area contributed by atoms with Gasteiger partial charge in [-0.3, -0.25) is 9.78 Å². The Hall–Kier alpha value is -3.67. The minimum Gasteiger partial charge on any atom is -0.461 e. The second-order valence-electron chi connectivity index (χ2n) is 6.08. The van der Waals surface area contributed by atoms with E-state index < -0.39 is 5.97 Å². The van der Waals surface area contributed by atoms with Crippen molar-refractivity contribution in [2.24, 2.45) is 0 Å². The van der Waals surface area contributed by atoms with Crippen LogP contribution in [0.1, 0.15) is 27.9 Å². The quantitative estimate of drug-likeness (QED) is 0.536. The van der Waals surface area contributed by atoms with E-state index in [0.29, 0.717) is 23.7 Å². The number of rotatable bonds is 4. The van der Waals surface area contributed by atoms with Crippen LogP contribution in [0.5, 0.6) is 0 Å². The number of benzene rings is 2. The number of nitrogens with one attached hydrogen (secondary N) is 2. The fraction of sp³-hybridized carbons (Fsp3) is 0.0952. The second kappa shape index (κ2) is 6.92. The lowest BCUT2D eigenvalue weighted by Crippen LogP contribution is -2.13. The number of H-pyrrole nitrogens is 1. The van der Waals surface area contributed by atoms with Gasteiger partial charge < -0.3 is 15.0 Å². The standard InChI is InChI=1S/C21H17N3O3/c1-2-27-21(26)19-11-15-9-16(7-8-17(15)24-19)23-20(25)18-10-13-5-3-4-6-14(13)12-22-18/h3-12,24H,2H2,1H3,(H,23,25). The van der Waals surface area contributed by atoms with Crippen molar-refractivity contribution >= 4 is 39.2 Å². The largest absolute Gasteiger partial charge is 0.461 e. The molecule has 0 aliphatic heterocycles. The van der Waals surface area contributed by atoms with Crippen LogP contribution in [0.2, 0.25) is 0 Å². The van der Waals surface area contributed by atoms with Gasteiger partial charge in [0.25, 0.3) is 5.91 Å². The number of anilines is 1. The van der Waals surface area contributed by atoms with Gasteiger partial charge in [-0.2, -0.15) is 0 Å². The van der Waals surface area contributed by atoms with Gasteiger partial charge in [-0.05, 0) is 42.6 Å². The average Bonchev–Trinajstić information content (AvgIpc) is 3.11. The number of carbonyl (C=O) groups excluding carboxylic acids is 2. The lowest BCUT2D eigenvalue weighted by molar-refractivity contribution is 0.0520. The summed E-state index contributed by atoms with van der Waals surface area (Å²) < 4.78 is 5.00. The van der Waals surface area contributed by atoms with Gasteiger partial charge >= 0.3 is 5.97 Å². The third-order valence-corrected chi connectivity index (χ3v) is 4.24. The van der Waals surface area contributed by atoms with Crippen molar-refractivity contribution < 1.29 is 14.3 Å². The Morgan fingerprint density at radius 2 is 1.85 bits per heavy atom. The first-order valence-electron chi connectivity index (χ1n) is 8.60. The van der Waals surface area contributed by atoms with Gasteiger partial charge in [-0.25, -0.2) is 4.79 Å². The first-order chi connectivity index (χ1) is 13.1. The van der Waals surface area contributed by atoms with Gasteiger partial charge in [0, 0.05) is 28.2 Å². The second-order valence-corrected chi connectivity index (χ2v) is 6.08. The maximum atomic E-state index is 12.5. The molecule has 0 bridgehead atoms. The van der Waals surface area contributed by atoms with Crippen molar-refractivity contribution in [2.75, 3.05) is 11.9 Å². The zero-order chi connectivity index (χ0) is 18.8. The number of amides is 1. The summed E-state index contributed by atoms with van der Waals surface area (Å²) in [4.78, 5) is 31.6. The molecule has 0 atom stereocenters. The highest BCUT2D eigenvalue weighted by atomic mass is 16.5. The van der Waals surface area contributed by atoms with E-state index in [4.69, 9.17) is 4.74 Å². The van der Waals surface area contributed by atoms with Crippen molar-refractivity contribution in [3.05, 3.63) is 72.2 Å². The lowest BCUT2D eigenvalue weighted by Gasteiger charge is -2.06. The van der Waals surface area contributed by atoms with E-state index in [9.17, 15) is 9.59 Å². The Bertz CT molecular complexity index is 1160. The minimum atomic E-state index is -0.403. The molecule has 27 heavy (non-hydrogen) atoms. The third kappa shape index (κ3) is 3.37. The number of pyridine rings is 1. The lowest BCUT2D eigenvalue weighted by atomic mass is 10.1. The van der Waals surface area contributed by atoms with Crippen molar-refractivity contribution in [1.29, 1.82) is 0 Å². The average molecular weight is 359 g/mol. The van der Waals surface area contributed by atoms with E-state index in [1.54, 1.807) is 37.4 Å². The molecule has 0 saturated carbocycles. The summed E-state index contributed by atoms with van der Waals surface area (Å²) in [5.41, 5.74) is 2.14. The first-order valence-corrected chi connectivity index (χ1v) is 8.60. The summed E-state index contributed by atoms with van der Waals surface area (Å²) in [7, 11) is 0. The summed E-state index contributed by atoms with van der Waals surface area (Å²) in [6, 6.07) is 16.6. The molecule has 0 spiro atoms. The number of hydrogen-bond acceptors (Lipinski definition) is 4. The molecule has 6 heteroatoms. The van der Waals surface area contributed by atoms with Gasteiger partial charge in [-0.15, -0.1) is 0 Å². The molecule has 134 valence electrons. The van der Waals surface area contributed by atoms with Gasteiger partial charge in [0.2, 0.25) is 0 Å². The zero-order valence-corrected chi connectivity index (χ0v) is 14.7. The summed E-state index contributed by atoms with van der Waals surface area (Å²) >= 11 is 0. The first kappa shape index (κ1) is 16.8. The molecule has 1 amide bonds. The number of hydrogen-bond donors (Lipinski definition) is 2. The smallest absolute Gasteiger partial charge is 0.354 e. The number of carbonyl (C=O) groups is 2. The number of aromatic amines is 1. The number of ether oxygens (including phenoxy) is 1. The summed E-state index contributed by atoms with van der Waals surface area (Å²) in [6.07, 6.45) is 1.69. The van der Waals surface area contributed by atoms with Crippen LogP contribution in [0.25, 0.3) is 21.7 Å².